The van der Waals surface area contributed by atoms with Gasteiger partial charge in [-0.25, -0.2) is 21.8 Å². The number of sulfone groups is 2. The molecule has 0 unspecified atom stereocenters. The van der Waals surface area contributed by atoms with E-state index in [-0.39, 0.29) is 31.6 Å². The summed E-state index contributed by atoms with van der Waals surface area (Å²) in [6.45, 7) is 5.29. The quantitative estimate of drug-likeness (QED) is 0.710. The summed E-state index contributed by atoms with van der Waals surface area (Å²) < 4.78 is 49.4. The van der Waals surface area contributed by atoms with E-state index in [4.69, 9.17) is 11.6 Å². The van der Waals surface area contributed by atoms with E-state index in [0.717, 1.165) is 11.3 Å². The highest BCUT2D eigenvalue weighted by Crippen LogP contribution is 2.35. The molecule has 2 aromatic rings. The van der Waals surface area contributed by atoms with Gasteiger partial charge in [0.15, 0.2) is 5.03 Å². The van der Waals surface area contributed by atoms with Gasteiger partial charge in [0, 0.05) is 11.6 Å². The molecule has 0 aliphatic rings. The van der Waals surface area contributed by atoms with Gasteiger partial charge in [-0.15, -0.1) is 6.58 Å². The molecule has 0 bridgehead atoms. The fraction of sp³-hybridized carbons (Fsp3) is 0.214. The minimum absolute atomic E-state index is 0.0145. The Balaban J connectivity index is 2.62. The van der Waals surface area contributed by atoms with Gasteiger partial charge in [-0.1, -0.05) is 35.9 Å². The summed E-state index contributed by atoms with van der Waals surface area (Å²) in [5.74, 6) is -0.165. The van der Waals surface area contributed by atoms with Gasteiger partial charge in [0.1, 0.15) is 5.00 Å². The molecule has 1 N–H and O–H groups in total. The molecule has 0 amide bonds. The lowest BCUT2D eigenvalue weighted by molar-refractivity contribution is 0.590. The highest BCUT2D eigenvalue weighted by molar-refractivity contribution is 7.94. The van der Waals surface area contributed by atoms with Crippen molar-refractivity contribution in [3.8, 4) is 0 Å². The van der Waals surface area contributed by atoms with Crippen molar-refractivity contribution in [2.75, 3.05) is 17.6 Å². The Labute approximate surface area is 150 Å². The van der Waals surface area contributed by atoms with Crippen LogP contribution in [0.5, 0.6) is 0 Å². The largest absolute Gasteiger partial charge is 0.371 e. The molecule has 0 atom stereocenters. The van der Waals surface area contributed by atoms with Gasteiger partial charge in [-0.05, 0) is 24.3 Å². The van der Waals surface area contributed by atoms with Crippen LogP contribution >= 0.6 is 22.9 Å². The number of hydrogen-bond donors (Lipinski definition) is 1. The summed E-state index contributed by atoms with van der Waals surface area (Å²) in [6.07, 6.45) is 1.53. The Morgan fingerprint density at radius 1 is 1.25 bits per heavy atom. The Hall–Kier alpha value is -1.42. The number of anilines is 1. The lowest BCUT2D eigenvalue weighted by atomic mass is 10.4. The molecule has 0 fully saturated rings. The third-order valence-electron chi connectivity index (χ3n) is 3.01. The van der Waals surface area contributed by atoms with E-state index >= 15 is 0 Å². The zero-order chi connectivity index (χ0) is 18.0. The van der Waals surface area contributed by atoms with Crippen molar-refractivity contribution in [2.45, 2.75) is 21.2 Å². The lowest BCUT2D eigenvalue weighted by Gasteiger charge is -2.05. The molecule has 0 aliphatic heterocycles. The Morgan fingerprint density at radius 3 is 2.42 bits per heavy atom. The zero-order valence-corrected chi connectivity index (χ0v) is 15.9. The van der Waals surface area contributed by atoms with Gasteiger partial charge < -0.3 is 5.32 Å². The van der Waals surface area contributed by atoms with Crippen molar-refractivity contribution >= 4 is 47.6 Å². The minimum Gasteiger partial charge on any atom is -0.371 e. The number of rotatable bonds is 7. The summed E-state index contributed by atoms with van der Waals surface area (Å²) in [7, 11) is -7.60. The van der Waals surface area contributed by atoms with Crippen LogP contribution in [0.1, 0.15) is 6.92 Å². The summed E-state index contributed by atoms with van der Waals surface area (Å²) in [4.78, 5) is 3.87. The van der Waals surface area contributed by atoms with Crippen molar-refractivity contribution in [3.63, 3.8) is 0 Å². The monoisotopic (exact) mass is 406 g/mol. The van der Waals surface area contributed by atoms with Gasteiger partial charge in [-0.3, -0.25) is 0 Å². The number of nitrogens with zero attached hydrogens (tertiary/aromatic N) is 1. The minimum atomic E-state index is -3.99. The maximum atomic E-state index is 12.8. The molecule has 0 aliphatic carbocycles. The van der Waals surface area contributed by atoms with E-state index in [0.29, 0.717) is 5.02 Å². The van der Waals surface area contributed by atoms with Crippen LogP contribution in [0.25, 0.3) is 0 Å². The molecule has 2 rings (SSSR count). The average Bonchev–Trinajstić information content (AvgIpc) is 2.99. The SMILES string of the molecule is C=CCNc1sc(S(=O)(=O)CC)nc1S(=O)(=O)c1ccc(Cl)cc1. The summed E-state index contributed by atoms with van der Waals surface area (Å²) in [5.41, 5.74) is 0. The maximum absolute atomic E-state index is 12.8. The number of benzene rings is 1. The smallest absolute Gasteiger partial charge is 0.226 e. The molecule has 1 aromatic carbocycles. The zero-order valence-electron chi connectivity index (χ0n) is 12.7. The highest BCUT2D eigenvalue weighted by Gasteiger charge is 2.29. The molecule has 24 heavy (non-hydrogen) atoms. The first-order valence-electron chi connectivity index (χ1n) is 6.81. The fourth-order valence-electron chi connectivity index (χ4n) is 1.73. The molecule has 0 spiro atoms. The van der Waals surface area contributed by atoms with Crippen molar-refractivity contribution < 1.29 is 16.8 Å². The maximum Gasteiger partial charge on any atom is 0.226 e. The number of thiazole rings is 1. The van der Waals surface area contributed by atoms with Crippen LogP contribution in [-0.4, -0.2) is 34.1 Å². The number of nitrogens with one attached hydrogen (secondary N) is 1. The second kappa shape index (κ2) is 7.22. The first-order valence-corrected chi connectivity index (χ1v) is 11.1. The van der Waals surface area contributed by atoms with E-state index in [1.54, 1.807) is 0 Å². The van der Waals surface area contributed by atoms with Gasteiger partial charge in [0.2, 0.25) is 24.0 Å². The highest BCUT2D eigenvalue weighted by atomic mass is 35.5. The normalized spacial score (nSPS) is 12.1. The summed E-state index contributed by atoms with van der Waals surface area (Å²) >= 11 is 6.57. The van der Waals surface area contributed by atoms with Crippen LogP contribution in [0.15, 0.2) is 51.2 Å². The third-order valence-corrected chi connectivity index (χ3v) is 8.29. The van der Waals surface area contributed by atoms with Crippen LogP contribution in [0.4, 0.5) is 5.00 Å². The fourth-order valence-corrected chi connectivity index (χ4v) is 5.86. The predicted octanol–water partition coefficient (Wildman–Crippen LogP) is 3.02. The molecule has 6 nitrogen and oxygen atoms in total. The lowest BCUT2D eigenvalue weighted by Crippen LogP contribution is -2.08. The first-order chi connectivity index (χ1) is 11.2. The molecular weight excluding hydrogens is 392 g/mol. The topological polar surface area (TPSA) is 93.2 Å². The Bertz CT molecular complexity index is 948. The van der Waals surface area contributed by atoms with Crippen LogP contribution < -0.4 is 5.32 Å². The van der Waals surface area contributed by atoms with Crippen LogP contribution in [0.3, 0.4) is 0 Å². The van der Waals surface area contributed by atoms with E-state index in [1.807, 2.05) is 0 Å². The Morgan fingerprint density at radius 2 is 1.88 bits per heavy atom. The number of hydrogen-bond acceptors (Lipinski definition) is 7. The summed E-state index contributed by atoms with van der Waals surface area (Å²) in [6, 6.07) is 5.59. The van der Waals surface area contributed by atoms with E-state index in [9.17, 15) is 16.8 Å². The molecule has 0 saturated heterocycles. The molecule has 0 radical (unpaired) electrons. The summed E-state index contributed by atoms with van der Waals surface area (Å²) in [5, 5.41) is 3.08. The van der Waals surface area contributed by atoms with Gasteiger partial charge in [0.25, 0.3) is 0 Å². The van der Waals surface area contributed by atoms with Crippen molar-refractivity contribution in [1.29, 1.82) is 0 Å². The molecule has 0 saturated carbocycles. The number of aromatic nitrogens is 1. The van der Waals surface area contributed by atoms with E-state index in [2.05, 4.69) is 16.9 Å². The second-order valence-electron chi connectivity index (χ2n) is 4.64. The van der Waals surface area contributed by atoms with Crippen molar-refractivity contribution in [2.24, 2.45) is 0 Å². The molecule has 1 aromatic heterocycles. The van der Waals surface area contributed by atoms with Gasteiger partial charge in [-0.2, -0.15) is 0 Å². The van der Waals surface area contributed by atoms with Crippen LogP contribution in [-0.2, 0) is 19.7 Å². The first kappa shape index (κ1) is 18.9. The standard InChI is InChI=1S/C14H15ClN2O4S3/c1-3-9-16-12-13(17-14(22-12)23(18,19)4-2)24(20,21)11-7-5-10(15)6-8-11/h3,5-8,16H,1,4,9H2,2H3. The predicted molar refractivity (Wildman–Crippen MR) is 95.4 cm³/mol. The molecule has 10 heteroatoms. The van der Waals surface area contributed by atoms with Gasteiger partial charge in [0.05, 0.1) is 10.6 Å². The van der Waals surface area contributed by atoms with Gasteiger partial charge >= 0.3 is 0 Å². The molecular formula is C14H15ClN2O4S3. The van der Waals surface area contributed by atoms with E-state index < -0.39 is 19.7 Å². The molecule has 1 heterocycles. The second-order valence-corrected chi connectivity index (χ2v) is 10.4. The van der Waals surface area contributed by atoms with Crippen LogP contribution in [0, 0.1) is 0 Å². The number of halogens is 1. The van der Waals surface area contributed by atoms with E-state index in [1.165, 1.54) is 37.3 Å². The third kappa shape index (κ3) is 3.80. The molecule has 130 valence electrons. The van der Waals surface area contributed by atoms with Crippen molar-refractivity contribution in [1.82, 2.24) is 4.98 Å². The van der Waals surface area contributed by atoms with Crippen LogP contribution in [0.2, 0.25) is 5.02 Å². The average molecular weight is 407 g/mol. The van der Waals surface area contributed by atoms with Crippen molar-refractivity contribution in [3.05, 3.63) is 41.9 Å². The Kier molecular flexibility index (Phi) is 5.69.